The molecule has 3 aromatic carbocycles. The summed E-state index contributed by atoms with van der Waals surface area (Å²) in [5.74, 6) is 0. The molecular weight excluding hydrogens is 386 g/mol. The van der Waals surface area contributed by atoms with E-state index in [-0.39, 0.29) is 6.04 Å². The first-order valence-electron chi connectivity index (χ1n) is 11.0. The van der Waals surface area contributed by atoms with E-state index in [0.717, 1.165) is 45.4 Å². The molecule has 0 bridgehead atoms. The van der Waals surface area contributed by atoms with E-state index < -0.39 is 0 Å². The van der Waals surface area contributed by atoms with Crippen molar-refractivity contribution in [2.45, 2.75) is 19.4 Å². The molecule has 0 aliphatic carbocycles. The van der Waals surface area contributed by atoms with Gasteiger partial charge >= 0.3 is 0 Å². The molecule has 0 saturated heterocycles. The third-order valence-corrected chi connectivity index (χ3v) is 5.49. The molecule has 160 valence electrons. The fourth-order valence-electron chi connectivity index (χ4n) is 3.62. The quantitative estimate of drug-likeness (QED) is 0.352. The van der Waals surface area contributed by atoms with Crippen LogP contribution in [-0.4, -0.2) is 0 Å². The normalized spacial score (nSPS) is 12.9. The van der Waals surface area contributed by atoms with Crippen LogP contribution in [0.2, 0.25) is 0 Å². The second-order valence-corrected chi connectivity index (χ2v) is 7.61. The van der Waals surface area contributed by atoms with E-state index in [4.69, 9.17) is 5.73 Å². The van der Waals surface area contributed by atoms with E-state index in [2.05, 4.69) is 105 Å². The van der Waals surface area contributed by atoms with E-state index in [0.29, 0.717) is 0 Å². The summed E-state index contributed by atoms with van der Waals surface area (Å²) < 4.78 is 0. The summed E-state index contributed by atoms with van der Waals surface area (Å²) in [4.78, 5) is 0. The zero-order chi connectivity index (χ0) is 22.8. The predicted molar refractivity (Wildman–Crippen MR) is 140 cm³/mol. The Morgan fingerprint density at radius 1 is 0.781 bits per heavy atom. The van der Waals surface area contributed by atoms with Gasteiger partial charge in [-0.3, -0.25) is 0 Å². The van der Waals surface area contributed by atoms with Crippen molar-refractivity contribution in [1.29, 1.82) is 0 Å². The Bertz CT molecular complexity index is 1130. The Balaban J connectivity index is 2.04. The maximum Gasteiger partial charge on any atom is 0.0292 e. The first-order chi connectivity index (χ1) is 15.7. The molecule has 1 unspecified atom stereocenters. The minimum absolute atomic E-state index is 0.0687. The average molecular weight is 418 g/mol. The van der Waals surface area contributed by atoms with Gasteiger partial charge in [-0.1, -0.05) is 135 Å². The van der Waals surface area contributed by atoms with E-state index >= 15 is 0 Å². The Labute approximate surface area is 192 Å². The van der Waals surface area contributed by atoms with Gasteiger partial charge in [-0.05, 0) is 45.4 Å². The summed E-state index contributed by atoms with van der Waals surface area (Å²) in [6, 6.07) is 27.4. The molecule has 0 aliphatic rings. The summed E-state index contributed by atoms with van der Waals surface area (Å²) in [7, 11) is 0. The molecule has 0 fully saturated rings. The molecule has 1 atom stereocenters. The zero-order valence-corrected chi connectivity index (χ0v) is 18.7. The van der Waals surface area contributed by atoms with E-state index in [1.807, 2.05) is 24.3 Å². The number of hydrogen-bond donors (Lipinski definition) is 1. The monoisotopic (exact) mass is 417 g/mol. The Hall–Kier alpha value is -3.68. The third-order valence-electron chi connectivity index (χ3n) is 5.49. The predicted octanol–water partition coefficient (Wildman–Crippen LogP) is 7.89. The van der Waals surface area contributed by atoms with Crippen LogP contribution in [-0.2, 0) is 0 Å². The van der Waals surface area contributed by atoms with Gasteiger partial charge in [-0.15, -0.1) is 0 Å². The van der Waals surface area contributed by atoms with Crippen molar-refractivity contribution in [3.63, 3.8) is 0 Å². The third kappa shape index (κ3) is 5.72. The molecule has 1 nitrogen and oxygen atoms in total. The van der Waals surface area contributed by atoms with Crippen LogP contribution in [0, 0.1) is 0 Å². The molecule has 2 N–H and O–H groups in total. The molecule has 0 spiro atoms. The minimum Gasteiger partial charge on any atom is -0.324 e. The lowest BCUT2D eigenvalue weighted by molar-refractivity contribution is 0.698. The first kappa shape index (κ1) is 23.0. The van der Waals surface area contributed by atoms with Gasteiger partial charge in [0.05, 0.1) is 0 Å². The van der Waals surface area contributed by atoms with Crippen LogP contribution in [0.5, 0.6) is 0 Å². The van der Waals surface area contributed by atoms with Crippen LogP contribution in [0.4, 0.5) is 0 Å². The van der Waals surface area contributed by atoms with E-state index in [1.54, 1.807) is 6.08 Å². The SMILES string of the molecule is C=C\C=C/C=C\C=C(\c1ccccc1)c1ccccc1C(=C)c1ccc(C(N)CC)cc1. The highest BCUT2D eigenvalue weighted by Gasteiger charge is 2.13. The second kappa shape index (κ2) is 11.6. The topological polar surface area (TPSA) is 26.0 Å². The number of benzene rings is 3. The number of nitrogens with two attached hydrogens (primary N) is 1. The van der Waals surface area contributed by atoms with Crippen molar-refractivity contribution in [3.8, 4) is 0 Å². The molecule has 0 aromatic heterocycles. The highest BCUT2D eigenvalue weighted by atomic mass is 14.6. The zero-order valence-electron chi connectivity index (χ0n) is 18.7. The molecule has 0 amide bonds. The molecule has 1 heteroatoms. The summed E-state index contributed by atoms with van der Waals surface area (Å²) >= 11 is 0. The van der Waals surface area contributed by atoms with Gasteiger partial charge in [0.1, 0.15) is 0 Å². The molecular formula is C31H31N. The molecule has 32 heavy (non-hydrogen) atoms. The summed E-state index contributed by atoms with van der Waals surface area (Å²) in [5, 5.41) is 0. The van der Waals surface area contributed by atoms with Gasteiger partial charge in [0.25, 0.3) is 0 Å². The minimum atomic E-state index is 0.0687. The van der Waals surface area contributed by atoms with E-state index in [9.17, 15) is 0 Å². The van der Waals surface area contributed by atoms with Gasteiger partial charge in [-0.2, -0.15) is 0 Å². The summed E-state index contributed by atoms with van der Waals surface area (Å²) in [5.41, 5.74) is 14.0. The Morgan fingerprint density at radius 3 is 2.06 bits per heavy atom. The van der Waals surface area contributed by atoms with Crippen molar-refractivity contribution >= 4 is 11.1 Å². The fraction of sp³-hybridized carbons (Fsp3) is 0.0968. The highest BCUT2D eigenvalue weighted by molar-refractivity contribution is 5.91. The summed E-state index contributed by atoms with van der Waals surface area (Å²) in [6.45, 7) is 10.3. The lowest BCUT2D eigenvalue weighted by Gasteiger charge is -2.16. The standard InChI is InChI=1S/C31H31N/c1-4-6-7-8-12-18-29(26-15-10-9-11-16-26)30-19-14-13-17-28(30)24(3)25-20-22-27(23-21-25)31(32)5-2/h4,6-23,31H,1,3,5,32H2,2H3/b7-6-,12-8-,29-18-. The van der Waals surface area contributed by atoms with Crippen molar-refractivity contribution in [1.82, 2.24) is 0 Å². The second-order valence-electron chi connectivity index (χ2n) is 7.61. The molecule has 0 heterocycles. The molecule has 0 radical (unpaired) electrons. The van der Waals surface area contributed by atoms with Gasteiger partial charge in [0.2, 0.25) is 0 Å². The maximum atomic E-state index is 6.19. The highest BCUT2D eigenvalue weighted by Crippen LogP contribution is 2.33. The number of hydrogen-bond acceptors (Lipinski definition) is 1. The number of allylic oxidation sites excluding steroid dienone is 6. The van der Waals surface area contributed by atoms with E-state index in [1.165, 1.54) is 0 Å². The van der Waals surface area contributed by atoms with Crippen LogP contribution in [0.25, 0.3) is 11.1 Å². The van der Waals surface area contributed by atoms with Gasteiger partial charge < -0.3 is 5.73 Å². The molecule has 0 aliphatic heterocycles. The molecule has 3 rings (SSSR count). The van der Waals surface area contributed by atoms with Crippen molar-refractivity contribution in [2.24, 2.45) is 5.73 Å². The number of rotatable bonds is 9. The first-order valence-corrected chi connectivity index (χ1v) is 11.0. The van der Waals surface area contributed by atoms with Crippen LogP contribution < -0.4 is 5.73 Å². The van der Waals surface area contributed by atoms with Gasteiger partial charge in [0.15, 0.2) is 0 Å². The molecule has 3 aromatic rings. The van der Waals surface area contributed by atoms with Crippen molar-refractivity contribution in [3.05, 3.63) is 156 Å². The lowest BCUT2D eigenvalue weighted by atomic mass is 9.88. The Kier molecular flexibility index (Phi) is 8.36. The van der Waals surface area contributed by atoms with Crippen LogP contribution in [0.3, 0.4) is 0 Å². The smallest absolute Gasteiger partial charge is 0.0292 e. The fourth-order valence-corrected chi connectivity index (χ4v) is 3.62. The van der Waals surface area contributed by atoms with Crippen LogP contribution in [0.1, 0.15) is 47.2 Å². The van der Waals surface area contributed by atoms with Crippen LogP contribution in [0.15, 0.2) is 128 Å². The van der Waals surface area contributed by atoms with Crippen molar-refractivity contribution in [2.75, 3.05) is 0 Å². The summed E-state index contributed by atoms with van der Waals surface area (Å²) in [6.07, 6.45) is 12.8. The maximum absolute atomic E-state index is 6.19. The van der Waals surface area contributed by atoms with Gasteiger partial charge in [-0.25, -0.2) is 0 Å². The molecule has 0 saturated carbocycles. The average Bonchev–Trinajstić information content (AvgIpc) is 2.86. The van der Waals surface area contributed by atoms with Crippen LogP contribution >= 0.6 is 0 Å². The lowest BCUT2D eigenvalue weighted by Crippen LogP contribution is -2.08. The van der Waals surface area contributed by atoms with Gasteiger partial charge in [0, 0.05) is 6.04 Å². The largest absolute Gasteiger partial charge is 0.324 e. The Morgan fingerprint density at radius 2 is 1.41 bits per heavy atom. The van der Waals surface area contributed by atoms with Crippen molar-refractivity contribution < 1.29 is 0 Å².